The minimum Gasteiger partial charge on any atom is -0.461 e. The largest absolute Gasteiger partial charge is 0.461 e. The molecular formula is C20H15BrN2O4. The van der Waals surface area contributed by atoms with Crippen LogP contribution in [0.25, 0.3) is 0 Å². The molecule has 0 unspecified atom stereocenters. The van der Waals surface area contributed by atoms with Crippen LogP contribution in [0.5, 0.6) is 0 Å². The smallest absolute Gasteiger partial charge is 0.306 e. The van der Waals surface area contributed by atoms with Crippen molar-refractivity contribution in [2.75, 3.05) is 6.54 Å². The molecule has 0 saturated heterocycles. The van der Waals surface area contributed by atoms with Crippen molar-refractivity contribution in [2.24, 2.45) is 0 Å². The molecule has 7 heteroatoms. The number of nitriles is 1. The highest BCUT2D eigenvalue weighted by Crippen LogP contribution is 2.26. The summed E-state index contributed by atoms with van der Waals surface area (Å²) in [5, 5.41) is 8.75. The minimum absolute atomic E-state index is 0.105. The van der Waals surface area contributed by atoms with Crippen molar-refractivity contribution in [1.82, 2.24) is 4.90 Å². The molecule has 6 nitrogen and oxygen atoms in total. The van der Waals surface area contributed by atoms with E-state index in [-0.39, 0.29) is 31.4 Å². The number of fused-ring (bicyclic) bond motifs is 1. The van der Waals surface area contributed by atoms with Crippen molar-refractivity contribution in [1.29, 1.82) is 5.26 Å². The lowest BCUT2D eigenvalue weighted by atomic mass is 10.1. The molecular weight excluding hydrogens is 412 g/mol. The maximum Gasteiger partial charge on any atom is 0.306 e. The first-order chi connectivity index (χ1) is 13.0. The predicted molar refractivity (Wildman–Crippen MR) is 99.7 cm³/mol. The van der Waals surface area contributed by atoms with Crippen LogP contribution in [0, 0.1) is 11.3 Å². The standard InChI is InChI=1S/C20H15BrN2O4/c21-15-7-8-16-17(10-15)20(26)23(19(16)25)9-1-2-18(24)27-12-14-5-3-13(11-22)4-6-14/h3-8,10H,1-2,9,12H2. The minimum atomic E-state index is -0.404. The Morgan fingerprint density at radius 1 is 1.07 bits per heavy atom. The molecule has 0 N–H and O–H groups in total. The zero-order valence-electron chi connectivity index (χ0n) is 14.3. The van der Waals surface area contributed by atoms with Crippen LogP contribution in [0.15, 0.2) is 46.9 Å². The van der Waals surface area contributed by atoms with Crippen LogP contribution in [0.4, 0.5) is 0 Å². The zero-order chi connectivity index (χ0) is 19.4. The first-order valence-electron chi connectivity index (χ1n) is 8.30. The first kappa shape index (κ1) is 18.8. The average molecular weight is 427 g/mol. The molecule has 27 heavy (non-hydrogen) atoms. The number of hydrogen-bond acceptors (Lipinski definition) is 5. The Morgan fingerprint density at radius 3 is 2.48 bits per heavy atom. The lowest BCUT2D eigenvalue weighted by molar-refractivity contribution is -0.145. The number of carbonyl (C=O) groups excluding carboxylic acids is 3. The Labute approximate surface area is 164 Å². The van der Waals surface area contributed by atoms with Crippen molar-refractivity contribution in [3.8, 4) is 6.07 Å². The molecule has 0 aliphatic carbocycles. The summed E-state index contributed by atoms with van der Waals surface area (Å²) in [5.41, 5.74) is 2.08. The summed E-state index contributed by atoms with van der Waals surface area (Å²) in [5.74, 6) is -1.09. The van der Waals surface area contributed by atoms with Gasteiger partial charge in [-0.15, -0.1) is 0 Å². The van der Waals surface area contributed by atoms with Crippen LogP contribution in [0.3, 0.4) is 0 Å². The Kier molecular flexibility index (Phi) is 5.67. The molecule has 0 atom stereocenters. The summed E-state index contributed by atoms with van der Waals surface area (Å²) < 4.78 is 5.91. The molecule has 1 aliphatic heterocycles. The van der Waals surface area contributed by atoms with Gasteiger partial charge in [-0.25, -0.2) is 0 Å². The quantitative estimate of drug-likeness (QED) is 0.521. The van der Waals surface area contributed by atoms with Gasteiger partial charge in [0.2, 0.25) is 0 Å². The highest BCUT2D eigenvalue weighted by Gasteiger charge is 2.35. The molecule has 2 aromatic carbocycles. The second-order valence-corrected chi connectivity index (χ2v) is 6.94. The summed E-state index contributed by atoms with van der Waals surface area (Å²) in [6.45, 7) is 0.279. The van der Waals surface area contributed by atoms with E-state index in [9.17, 15) is 14.4 Å². The van der Waals surface area contributed by atoms with E-state index in [1.807, 2.05) is 6.07 Å². The van der Waals surface area contributed by atoms with Gasteiger partial charge in [-0.1, -0.05) is 28.1 Å². The Hall–Kier alpha value is -2.98. The maximum atomic E-state index is 12.3. The summed E-state index contributed by atoms with van der Waals surface area (Å²) in [6.07, 6.45) is 0.437. The molecule has 0 spiro atoms. The topological polar surface area (TPSA) is 87.5 Å². The lowest BCUT2D eigenvalue weighted by Crippen LogP contribution is -2.31. The molecule has 3 rings (SSSR count). The number of rotatable bonds is 6. The number of imide groups is 1. The number of amides is 2. The SMILES string of the molecule is N#Cc1ccc(COC(=O)CCCN2C(=O)c3ccc(Br)cc3C2=O)cc1. The van der Waals surface area contributed by atoms with Crippen molar-refractivity contribution in [3.05, 3.63) is 69.2 Å². The van der Waals surface area contributed by atoms with Gasteiger partial charge in [0, 0.05) is 17.4 Å². The molecule has 0 fully saturated rings. The van der Waals surface area contributed by atoms with E-state index in [0.717, 1.165) is 14.9 Å². The van der Waals surface area contributed by atoms with Crippen LogP contribution < -0.4 is 0 Å². The molecule has 0 saturated carbocycles. The fourth-order valence-electron chi connectivity index (χ4n) is 2.76. The molecule has 2 aromatic rings. The number of esters is 1. The summed E-state index contributed by atoms with van der Waals surface area (Å²) in [4.78, 5) is 37.7. The van der Waals surface area contributed by atoms with Gasteiger partial charge >= 0.3 is 5.97 Å². The average Bonchev–Trinajstić information content (AvgIpc) is 2.91. The number of halogens is 1. The number of ether oxygens (including phenoxy) is 1. The van der Waals surface area contributed by atoms with Gasteiger partial charge in [-0.2, -0.15) is 5.26 Å². The third-order valence-electron chi connectivity index (χ3n) is 4.18. The van der Waals surface area contributed by atoms with E-state index >= 15 is 0 Å². The van der Waals surface area contributed by atoms with Crippen LogP contribution in [-0.4, -0.2) is 29.2 Å². The van der Waals surface area contributed by atoms with Crippen LogP contribution in [-0.2, 0) is 16.1 Å². The van der Waals surface area contributed by atoms with Crippen LogP contribution in [0.2, 0.25) is 0 Å². The molecule has 2 amide bonds. The summed E-state index contributed by atoms with van der Waals surface area (Å²) in [6, 6.07) is 13.7. The Morgan fingerprint density at radius 2 is 1.78 bits per heavy atom. The normalized spacial score (nSPS) is 12.7. The van der Waals surface area contributed by atoms with Gasteiger partial charge in [0.25, 0.3) is 11.8 Å². The third-order valence-corrected chi connectivity index (χ3v) is 4.67. The number of hydrogen-bond donors (Lipinski definition) is 0. The maximum absolute atomic E-state index is 12.3. The summed E-state index contributed by atoms with van der Waals surface area (Å²) in [7, 11) is 0. The van der Waals surface area contributed by atoms with Crippen LogP contribution in [0.1, 0.15) is 44.7 Å². The molecule has 1 heterocycles. The van der Waals surface area contributed by atoms with E-state index in [1.165, 1.54) is 0 Å². The van der Waals surface area contributed by atoms with Gasteiger partial charge < -0.3 is 4.74 Å². The Bertz CT molecular complexity index is 947. The fourth-order valence-corrected chi connectivity index (χ4v) is 3.12. The highest BCUT2D eigenvalue weighted by atomic mass is 79.9. The van der Waals surface area contributed by atoms with E-state index in [1.54, 1.807) is 42.5 Å². The van der Waals surface area contributed by atoms with E-state index in [0.29, 0.717) is 23.1 Å². The van der Waals surface area contributed by atoms with Crippen molar-refractivity contribution >= 4 is 33.7 Å². The zero-order valence-corrected chi connectivity index (χ0v) is 15.9. The number of nitrogens with zero attached hydrogens (tertiary/aromatic N) is 2. The van der Waals surface area contributed by atoms with Gasteiger partial charge in [0.05, 0.1) is 22.8 Å². The molecule has 0 radical (unpaired) electrons. The predicted octanol–water partition coefficient (Wildman–Crippen LogP) is 3.44. The Balaban J connectivity index is 1.47. The van der Waals surface area contributed by atoms with Gasteiger partial charge in [0.15, 0.2) is 0 Å². The summed E-state index contributed by atoms with van der Waals surface area (Å²) >= 11 is 3.29. The van der Waals surface area contributed by atoms with Crippen molar-refractivity contribution in [2.45, 2.75) is 19.4 Å². The molecule has 0 aromatic heterocycles. The van der Waals surface area contributed by atoms with Gasteiger partial charge in [-0.05, 0) is 42.3 Å². The highest BCUT2D eigenvalue weighted by molar-refractivity contribution is 9.10. The van der Waals surface area contributed by atoms with Crippen molar-refractivity contribution < 1.29 is 19.1 Å². The van der Waals surface area contributed by atoms with E-state index < -0.39 is 5.97 Å². The number of carbonyl (C=O) groups is 3. The third kappa shape index (κ3) is 4.23. The van der Waals surface area contributed by atoms with E-state index in [2.05, 4.69) is 15.9 Å². The fraction of sp³-hybridized carbons (Fsp3) is 0.200. The van der Waals surface area contributed by atoms with Crippen LogP contribution >= 0.6 is 15.9 Å². The lowest BCUT2D eigenvalue weighted by Gasteiger charge is -2.13. The number of benzene rings is 2. The first-order valence-corrected chi connectivity index (χ1v) is 9.09. The van der Waals surface area contributed by atoms with Gasteiger partial charge in [-0.3, -0.25) is 19.3 Å². The molecule has 136 valence electrons. The van der Waals surface area contributed by atoms with E-state index in [4.69, 9.17) is 10.00 Å². The second-order valence-electron chi connectivity index (χ2n) is 6.02. The molecule has 1 aliphatic rings. The van der Waals surface area contributed by atoms with Gasteiger partial charge in [0.1, 0.15) is 6.61 Å². The molecule has 0 bridgehead atoms. The van der Waals surface area contributed by atoms with Crippen molar-refractivity contribution in [3.63, 3.8) is 0 Å². The second kappa shape index (κ2) is 8.14. The monoisotopic (exact) mass is 426 g/mol.